The first-order valence-corrected chi connectivity index (χ1v) is 4.33. The molecule has 0 bridgehead atoms. The van der Waals surface area contributed by atoms with Crippen molar-refractivity contribution in [2.45, 2.75) is 26.3 Å². The van der Waals surface area contributed by atoms with Gasteiger partial charge in [0.25, 0.3) is 0 Å². The SMILES string of the molecule is CC(C)C[C@@H](CCl)N(C)C. The Morgan fingerprint density at radius 3 is 1.90 bits per heavy atom. The van der Waals surface area contributed by atoms with Gasteiger partial charge in [0.15, 0.2) is 0 Å². The highest BCUT2D eigenvalue weighted by atomic mass is 35.5. The second-order valence-corrected chi connectivity index (χ2v) is 3.71. The third kappa shape index (κ3) is 4.13. The van der Waals surface area contributed by atoms with E-state index >= 15 is 0 Å². The molecule has 0 aromatic carbocycles. The van der Waals surface area contributed by atoms with Crippen molar-refractivity contribution in [3.8, 4) is 0 Å². The Morgan fingerprint density at radius 1 is 1.30 bits per heavy atom. The average molecular weight is 164 g/mol. The summed E-state index contributed by atoms with van der Waals surface area (Å²) in [5, 5.41) is 0. The molecular formula is C8H18ClN. The second-order valence-electron chi connectivity index (χ2n) is 3.40. The number of hydrogen-bond acceptors (Lipinski definition) is 1. The van der Waals surface area contributed by atoms with E-state index < -0.39 is 0 Å². The van der Waals surface area contributed by atoms with Gasteiger partial charge in [-0.1, -0.05) is 13.8 Å². The minimum Gasteiger partial charge on any atom is -0.305 e. The molecule has 0 radical (unpaired) electrons. The summed E-state index contributed by atoms with van der Waals surface area (Å²) < 4.78 is 0. The standard InChI is InChI=1S/C8H18ClN/c1-7(2)5-8(6-9)10(3)4/h7-8H,5-6H2,1-4H3/t8-/m0/s1. The quantitative estimate of drug-likeness (QED) is 0.575. The highest BCUT2D eigenvalue weighted by Crippen LogP contribution is 2.09. The van der Waals surface area contributed by atoms with Crippen LogP contribution < -0.4 is 0 Å². The normalized spacial score (nSPS) is 14.7. The molecular weight excluding hydrogens is 146 g/mol. The first-order valence-electron chi connectivity index (χ1n) is 3.80. The molecule has 0 amide bonds. The summed E-state index contributed by atoms with van der Waals surface area (Å²) in [5.41, 5.74) is 0. The lowest BCUT2D eigenvalue weighted by Crippen LogP contribution is -2.30. The Hall–Kier alpha value is 0.250. The lowest BCUT2D eigenvalue weighted by molar-refractivity contribution is 0.277. The monoisotopic (exact) mass is 163 g/mol. The number of nitrogens with zero attached hydrogens (tertiary/aromatic N) is 1. The summed E-state index contributed by atoms with van der Waals surface area (Å²) in [6.45, 7) is 4.45. The Bertz CT molecular complexity index is 81.3. The van der Waals surface area contributed by atoms with Gasteiger partial charge >= 0.3 is 0 Å². The van der Waals surface area contributed by atoms with Crippen LogP contribution in [-0.2, 0) is 0 Å². The molecule has 1 nitrogen and oxygen atoms in total. The van der Waals surface area contributed by atoms with E-state index in [9.17, 15) is 0 Å². The van der Waals surface area contributed by atoms with E-state index in [4.69, 9.17) is 11.6 Å². The summed E-state index contributed by atoms with van der Waals surface area (Å²) in [4.78, 5) is 2.19. The van der Waals surface area contributed by atoms with Gasteiger partial charge in [-0.15, -0.1) is 11.6 Å². The predicted octanol–water partition coefficient (Wildman–Crippen LogP) is 2.20. The summed E-state index contributed by atoms with van der Waals surface area (Å²) in [7, 11) is 4.16. The van der Waals surface area contributed by atoms with Crippen molar-refractivity contribution in [1.82, 2.24) is 4.90 Å². The molecule has 1 atom stereocenters. The van der Waals surface area contributed by atoms with Gasteiger partial charge in [0.05, 0.1) is 0 Å². The van der Waals surface area contributed by atoms with Crippen LogP contribution in [0.3, 0.4) is 0 Å². The van der Waals surface area contributed by atoms with E-state index in [2.05, 4.69) is 32.8 Å². The number of hydrogen-bond donors (Lipinski definition) is 0. The molecule has 2 heteroatoms. The fourth-order valence-corrected chi connectivity index (χ4v) is 1.36. The molecule has 0 unspecified atom stereocenters. The van der Waals surface area contributed by atoms with Crippen LogP contribution in [0, 0.1) is 5.92 Å². The van der Waals surface area contributed by atoms with E-state index in [1.165, 1.54) is 6.42 Å². The summed E-state index contributed by atoms with van der Waals surface area (Å²) in [6.07, 6.45) is 1.19. The van der Waals surface area contributed by atoms with Crippen LogP contribution in [0.15, 0.2) is 0 Å². The lowest BCUT2D eigenvalue weighted by atomic mass is 10.0. The van der Waals surface area contributed by atoms with Gasteiger partial charge in [0, 0.05) is 11.9 Å². The fourth-order valence-electron chi connectivity index (χ4n) is 0.956. The van der Waals surface area contributed by atoms with Crippen molar-refractivity contribution in [2.75, 3.05) is 20.0 Å². The molecule has 0 saturated carbocycles. The first kappa shape index (κ1) is 10.2. The smallest absolute Gasteiger partial charge is 0.0379 e. The third-order valence-corrected chi connectivity index (χ3v) is 2.01. The van der Waals surface area contributed by atoms with Crippen LogP contribution in [0.4, 0.5) is 0 Å². The minimum absolute atomic E-state index is 0.543. The van der Waals surface area contributed by atoms with Crippen LogP contribution in [0.2, 0.25) is 0 Å². The van der Waals surface area contributed by atoms with Gasteiger partial charge < -0.3 is 4.90 Å². The van der Waals surface area contributed by atoms with Crippen molar-refractivity contribution < 1.29 is 0 Å². The fraction of sp³-hybridized carbons (Fsp3) is 1.00. The Balaban J connectivity index is 3.60. The van der Waals surface area contributed by atoms with Crippen molar-refractivity contribution in [3.63, 3.8) is 0 Å². The maximum atomic E-state index is 5.76. The number of alkyl halides is 1. The molecule has 10 heavy (non-hydrogen) atoms. The zero-order valence-corrected chi connectivity index (χ0v) is 8.15. The molecule has 0 aromatic heterocycles. The molecule has 0 N–H and O–H groups in total. The summed E-state index contributed by atoms with van der Waals surface area (Å²) in [5.74, 6) is 1.48. The zero-order chi connectivity index (χ0) is 8.15. The van der Waals surface area contributed by atoms with Gasteiger partial charge in [0.1, 0.15) is 0 Å². The van der Waals surface area contributed by atoms with Crippen LogP contribution >= 0.6 is 11.6 Å². The van der Waals surface area contributed by atoms with E-state index in [0.29, 0.717) is 6.04 Å². The Morgan fingerprint density at radius 2 is 1.80 bits per heavy atom. The Kier molecular flexibility index (Phi) is 5.10. The van der Waals surface area contributed by atoms with Crippen LogP contribution in [0.1, 0.15) is 20.3 Å². The predicted molar refractivity (Wildman–Crippen MR) is 47.7 cm³/mol. The van der Waals surface area contributed by atoms with Gasteiger partial charge in [0.2, 0.25) is 0 Å². The molecule has 0 aliphatic rings. The van der Waals surface area contributed by atoms with Crippen molar-refractivity contribution >= 4 is 11.6 Å². The topological polar surface area (TPSA) is 3.24 Å². The van der Waals surface area contributed by atoms with E-state index in [-0.39, 0.29) is 0 Å². The molecule has 0 spiro atoms. The Labute approximate surface area is 69.4 Å². The van der Waals surface area contributed by atoms with E-state index in [1.54, 1.807) is 0 Å². The first-order chi connectivity index (χ1) is 4.57. The molecule has 0 heterocycles. The second kappa shape index (κ2) is 4.97. The van der Waals surface area contributed by atoms with Crippen LogP contribution in [0.5, 0.6) is 0 Å². The highest BCUT2D eigenvalue weighted by Gasteiger charge is 2.10. The molecule has 0 saturated heterocycles. The maximum absolute atomic E-state index is 5.76. The van der Waals surface area contributed by atoms with Gasteiger partial charge in [-0.2, -0.15) is 0 Å². The van der Waals surface area contributed by atoms with Crippen molar-refractivity contribution in [2.24, 2.45) is 5.92 Å². The van der Waals surface area contributed by atoms with E-state index in [1.807, 2.05) is 0 Å². The van der Waals surface area contributed by atoms with Gasteiger partial charge in [-0.25, -0.2) is 0 Å². The van der Waals surface area contributed by atoms with Gasteiger partial charge in [-0.05, 0) is 26.4 Å². The number of rotatable bonds is 4. The highest BCUT2D eigenvalue weighted by molar-refractivity contribution is 6.18. The molecule has 0 aliphatic heterocycles. The third-order valence-electron chi connectivity index (χ3n) is 1.65. The molecule has 0 aromatic rings. The minimum atomic E-state index is 0.543. The maximum Gasteiger partial charge on any atom is 0.0379 e. The van der Waals surface area contributed by atoms with Crippen LogP contribution in [-0.4, -0.2) is 30.9 Å². The lowest BCUT2D eigenvalue weighted by Gasteiger charge is -2.23. The summed E-state index contributed by atoms with van der Waals surface area (Å²) in [6, 6.07) is 0.543. The van der Waals surface area contributed by atoms with E-state index in [0.717, 1.165) is 11.8 Å². The molecule has 0 fully saturated rings. The summed E-state index contributed by atoms with van der Waals surface area (Å²) >= 11 is 5.76. The van der Waals surface area contributed by atoms with Crippen molar-refractivity contribution in [3.05, 3.63) is 0 Å². The molecule has 0 aliphatic carbocycles. The van der Waals surface area contributed by atoms with Gasteiger partial charge in [-0.3, -0.25) is 0 Å². The zero-order valence-electron chi connectivity index (χ0n) is 7.39. The van der Waals surface area contributed by atoms with Crippen LogP contribution in [0.25, 0.3) is 0 Å². The average Bonchev–Trinajstić information content (AvgIpc) is 1.81. The van der Waals surface area contributed by atoms with Crippen molar-refractivity contribution in [1.29, 1.82) is 0 Å². The largest absolute Gasteiger partial charge is 0.305 e. The molecule has 0 rings (SSSR count). The number of halogens is 1. The molecule has 62 valence electrons.